The van der Waals surface area contributed by atoms with Gasteiger partial charge in [-0.25, -0.2) is 0 Å². The van der Waals surface area contributed by atoms with Gasteiger partial charge in [0.2, 0.25) is 5.91 Å². The summed E-state index contributed by atoms with van der Waals surface area (Å²) in [5, 5.41) is 6.56. The van der Waals surface area contributed by atoms with Crippen LogP contribution in [0.2, 0.25) is 0 Å². The molecular formula is C16H25ClN2O. The fourth-order valence-corrected chi connectivity index (χ4v) is 2.62. The Morgan fingerprint density at radius 3 is 2.80 bits per heavy atom. The zero-order valence-corrected chi connectivity index (χ0v) is 12.9. The number of hydrogen-bond acceptors (Lipinski definition) is 2. The topological polar surface area (TPSA) is 41.1 Å². The molecule has 2 atom stereocenters. The zero-order chi connectivity index (χ0) is 13.5. The maximum Gasteiger partial charge on any atom is 0.220 e. The van der Waals surface area contributed by atoms with Gasteiger partial charge in [0, 0.05) is 18.5 Å². The molecule has 1 aromatic carbocycles. The highest BCUT2D eigenvalue weighted by molar-refractivity contribution is 5.85. The second-order valence-electron chi connectivity index (χ2n) is 5.40. The predicted molar refractivity (Wildman–Crippen MR) is 85.3 cm³/mol. The Labute approximate surface area is 127 Å². The summed E-state index contributed by atoms with van der Waals surface area (Å²) in [5.41, 5.74) is 1.31. The standard InChI is InChI=1S/C16H24N2O.ClH/c1-13-15(10-6-12-17-13)18-16(19)11-5-9-14-7-3-2-4-8-14;/h2-4,7-8,13,15,17H,5-6,9-12H2,1H3,(H,18,19);1H. The van der Waals surface area contributed by atoms with Crippen LogP contribution in [0.5, 0.6) is 0 Å². The summed E-state index contributed by atoms with van der Waals surface area (Å²) in [6.45, 7) is 3.22. The Morgan fingerprint density at radius 2 is 2.10 bits per heavy atom. The highest BCUT2D eigenvalue weighted by Gasteiger charge is 2.21. The summed E-state index contributed by atoms with van der Waals surface area (Å²) in [6, 6.07) is 11.0. The maximum atomic E-state index is 11.9. The van der Waals surface area contributed by atoms with Crippen molar-refractivity contribution >= 4 is 18.3 Å². The van der Waals surface area contributed by atoms with Crippen molar-refractivity contribution in [2.24, 2.45) is 0 Å². The summed E-state index contributed by atoms with van der Waals surface area (Å²) in [6.07, 6.45) is 4.77. The third kappa shape index (κ3) is 5.51. The van der Waals surface area contributed by atoms with Crippen LogP contribution in [0, 0.1) is 0 Å². The third-order valence-corrected chi connectivity index (χ3v) is 3.82. The Balaban J connectivity index is 0.00000200. The van der Waals surface area contributed by atoms with Crippen molar-refractivity contribution in [2.45, 2.75) is 51.1 Å². The lowest BCUT2D eigenvalue weighted by Crippen LogP contribution is -2.51. The molecule has 0 saturated carbocycles. The van der Waals surface area contributed by atoms with Crippen LogP contribution >= 0.6 is 12.4 Å². The summed E-state index contributed by atoms with van der Waals surface area (Å²) in [4.78, 5) is 11.9. The van der Waals surface area contributed by atoms with E-state index in [1.54, 1.807) is 0 Å². The number of carbonyl (C=O) groups excluding carboxylic acids is 1. The molecule has 1 saturated heterocycles. The molecule has 1 amide bonds. The minimum Gasteiger partial charge on any atom is -0.352 e. The number of aryl methyl sites for hydroxylation is 1. The van der Waals surface area contributed by atoms with E-state index in [0.717, 1.165) is 32.2 Å². The van der Waals surface area contributed by atoms with Gasteiger partial charge in [-0.3, -0.25) is 4.79 Å². The molecule has 3 nitrogen and oxygen atoms in total. The lowest BCUT2D eigenvalue weighted by Gasteiger charge is -2.30. The lowest BCUT2D eigenvalue weighted by atomic mass is 9.99. The molecule has 4 heteroatoms. The van der Waals surface area contributed by atoms with E-state index in [-0.39, 0.29) is 18.3 Å². The van der Waals surface area contributed by atoms with Crippen molar-refractivity contribution in [3.8, 4) is 0 Å². The van der Waals surface area contributed by atoms with E-state index < -0.39 is 0 Å². The first kappa shape index (κ1) is 17.0. The van der Waals surface area contributed by atoms with Gasteiger partial charge in [-0.1, -0.05) is 30.3 Å². The average Bonchev–Trinajstić information content (AvgIpc) is 2.43. The number of halogens is 1. The van der Waals surface area contributed by atoms with Crippen LogP contribution in [0.3, 0.4) is 0 Å². The van der Waals surface area contributed by atoms with Crippen LogP contribution in [0.4, 0.5) is 0 Å². The van der Waals surface area contributed by atoms with Crippen molar-refractivity contribution in [2.75, 3.05) is 6.54 Å². The second-order valence-corrected chi connectivity index (χ2v) is 5.40. The van der Waals surface area contributed by atoms with Crippen molar-refractivity contribution in [3.05, 3.63) is 35.9 Å². The van der Waals surface area contributed by atoms with E-state index >= 15 is 0 Å². The van der Waals surface area contributed by atoms with E-state index in [2.05, 4.69) is 29.7 Å². The first-order valence-electron chi connectivity index (χ1n) is 7.32. The SMILES string of the molecule is CC1NCCCC1NC(=O)CCCc1ccccc1.Cl. The van der Waals surface area contributed by atoms with Crippen molar-refractivity contribution in [1.29, 1.82) is 0 Å². The number of carbonyl (C=O) groups is 1. The van der Waals surface area contributed by atoms with E-state index in [1.807, 2.05) is 18.2 Å². The molecular weight excluding hydrogens is 272 g/mol. The highest BCUT2D eigenvalue weighted by Crippen LogP contribution is 2.09. The van der Waals surface area contributed by atoms with E-state index in [4.69, 9.17) is 0 Å². The lowest BCUT2D eigenvalue weighted by molar-refractivity contribution is -0.122. The fourth-order valence-electron chi connectivity index (χ4n) is 2.62. The summed E-state index contributed by atoms with van der Waals surface area (Å²) < 4.78 is 0. The van der Waals surface area contributed by atoms with Gasteiger partial charge in [0.15, 0.2) is 0 Å². The van der Waals surface area contributed by atoms with Gasteiger partial charge in [-0.2, -0.15) is 0 Å². The van der Waals surface area contributed by atoms with Crippen molar-refractivity contribution in [1.82, 2.24) is 10.6 Å². The minimum atomic E-state index is 0. The molecule has 0 aromatic heterocycles. The smallest absolute Gasteiger partial charge is 0.220 e. The number of rotatable bonds is 5. The Kier molecular flexibility index (Phi) is 7.63. The maximum absolute atomic E-state index is 11.9. The number of amides is 1. The van der Waals surface area contributed by atoms with E-state index in [9.17, 15) is 4.79 Å². The van der Waals surface area contributed by atoms with E-state index in [1.165, 1.54) is 5.56 Å². The molecule has 0 aliphatic carbocycles. The fraction of sp³-hybridized carbons (Fsp3) is 0.562. The van der Waals surface area contributed by atoms with Gasteiger partial charge < -0.3 is 10.6 Å². The van der Waals surface area contributed by atoms with Crippen molar-refractivity contribution < 1.29 is 4.79 Å². The largest absolute Gasteiger partial charge is 0.352 e. The monoisotopic (exact) mass is 296 g/mol. The van der Waals surface area contributed by atoms with Crippen molar-refractivity contribution in [3.63, 3.8) is 0 Å². The van der Waals surface area contributed by atoms with Crippen LogP contribution in [0.15, 0.2) is 30.3 Å². The number of hydrogen-bond donors (Lipinski definition) is 2. The summed E-state index contributed by atoms with van der Waals surface area (Å²) >= 11 is 0. The van der Waals surface area contributed by atoms with Gasteiger partial charge in [0.25, 0.3) is 0 Å². The first-order chi connectivity index (χ1) is 9.25. The summed E-state index contributed by atoms with van der Waals surface area (Å²) in [7, 11) is 0. The Bertz CT molecular complexity index is 397. The first-order valence-corrected chi connectivity index (χ1v) is 7.32. The molecule has 1 fully saturated rings. The van der Waals surface area contributed by atoms with Gasteiger partial charge in [0.1, 0.15) is 0 Å². The quantitative estimate of drug-likeness (QED) is 0.877. The molecule has 20 heavy (non-hydrogen) atoms. The molecule has 2 unspecified atom stereocenters. The Morgan fingerprint density at radius 1 is 1.35 bits per heavy atom. The zero-order valence-electron chi connectivity index (χ0n) is 12.1. The predicted octanol–water partition coefficient (Wildman–Crippen LogP) is 2.69. The molecule has 112 valence electrons. The molecule has 1 heterocycles. The number of nitrogens with one attached hydrogen (secondary N) is 2. The van der Waals surface area contributed by atoms with Gasteiger partial charge in [0.05, 0.1) is 0 Å². The molecule has 1 aromatic rings. The van der Waals surface area contributed by atoms with Gasteiger partial charge in [-0.15, -0.1) is 12.4 Å². The molecule has 0 spiro atoms. The van der Waals surface area contributed by atoms with Crippen LogP contribution in [-0.4, -0.2) is 24.5 Å². The van der Waals surface area contributed by atoms with Crippen LogP contribution in [0.1, 0.15) is 38.2 Å². The molecule has 2 rings (SSSR count). The number of benzene rings is 1. The normalized spacial score (nSPS) is 21.9. The Hall–Kier alpha value is -1.06. The average molecular weight is 297 g/mol. The second kappa shape index (κ2) is 8.98. The minimum absolute atomic E-state index is 0. The third-order valence-electron chi connectivity index (χ3n) is 3.82. The molecule has 2 N–H and O–H groups in total. The molecule has 1 aliphatic rings. The number of piperidine rings is 1. The van der Waals surface area contributed by atoms with Crippen LogP contribution < -0.4 is 10.6 Å². The summed E-state index contributed by atoms with van der Waals surface area (Å²) in [5.74, 6) is 0.191. The van der Waals surface area contributed by atoms with Crippen LogP contribution in [0.25, 0.3) is 0 Å². The molecule has 1 aliphatic heterocycles. The molecule has 0 bridgehead atoms. The highest BCUT2D eigenvalue weighted by atomic mass is 35.5. The van der Waals surface area contributed by atoms with Gasteiger partial charge in [-0.05, 0) is 44.7 Å². The molecule has 0 radical (unpaired) electrons. The van der Waals surface area contributed by atoms with Crippen LogP contribution in [-0.2, 0) is 11.2 Å². The van der Waals surface area contributed by atoms with E-state index in [0.29, 0.717) is 18.5 Å². The van der Waals surface area contributed by atoms with Gasteiger partial charge >= 0.3 is 0 Å².